The summed E-state index contributed by atoms with van der Waals surface area (Å²) in [5.41, 5.74) is -0.377. The van der Waals surface area contributed by atoms with Crippen LogP contribution in [0.3, 0.4) is 0 Å². The van der Waals surface area contributed by atoms with Gasteiger partial charge in [0.1, 0.15) is 10.6 Å². The Morgan fingerprint density at radius 1 is 1.13 bits per heavy atom. The van der Waals surface area contributed by atoms with E-state index in [1.807, 2.05) is 0 Å². The van der Waals surface area contributed by atoms with Crippen LogP contribution in [0.25, 0.3) is 4.91 Å². The van der Waals surface area contributed by atoms with Gasteiger partial charge in [-0.2, -0.15) is 4.73 Å². The second-order valence-corrected chi connectivity index (χ2v) is 9.57. The van der Waals surface area contributed by atoms with Crippen LogP contribution in [0.5, 0.6) is 5.75 Å². The van der Waals surface area contributed by atoms with E-state index in [0.717, 1.165) is 4.31 Å². The fraction of sp³-hybridized carbons (Fsp3) is 0.333. The van der Waals surface area contributed by atoms with Gasteiger partial charge in [-0.1, -0.05) is 30.3 Å². The summed E-state index contributed by atoms with van der Waals surface area (Å²) >= 11 is 0. The Labute approximate surface area is 176 Å². The van der Waals surface area contributed by atoms with Gasteiger partial charge in [-0.15, -0.1) is 0 Å². The number of sulfonamides is 1. The van der Waals surface area contributed by atoms with Crippen LogP contribution < -0.4 is 14.8 Å². The second-order valence-electron chi connectivity index (χ2n) is 7.84. The van der Waals surface area contributed by atoms with E-state index in [9.17, 15) is 18.4 Å². The van der Waals surface area contributed by atoms with E-state index in [0.29, 0.717) is 35.6 Å². The fourth-order valence-corrected chi connectivity index (χ4v) is 5.29. The van der Waals surface area contributed by atoms with Gasteiger partial charge < -0.3 is 15.3 Å². The van der Waals surface area contributed by atoms with Crippen LogP contribution in [0.4, 0.5) is 0 Å². The Bertz CT molecular complexity index is 1060. The summed E-state index contributed by atoms with van der Waals surface area (Å²) in [4.78, 5) is 13.0. The second kappa shape index (κ2) is 8.35. The number of rotatable bonds is 7. The Morgan fingerprint density at radius 3 is 2.47 bits per heavy atom. The highest BCUT2D eigenvalue weighted by Crippen LogP contribution is 2.38. The van der Waals surface area contributed by atoms with Gasteiger partial charge in [0.2, 0.25) is 6.20 Å². The van der Waals surface area contributed by atoms with Crippen molar-refractivity contribution in [1.82, 2.24) is 9.62 Å². The molecular formula is C21H25N3O5S. The molecule has 1 aliphatic rings. The van der Waals surface area contributed by atoms with Crippen molar-refractivity contribution < 1.29 is 22.7 Å². The zero-order valence-electron chi connectivity index (χ0n) is 17.2. The molecule has 30 heavy (non-hydrogen) atoms. The van der Waals surface area contributed by atoms with Gasteiger partial charge in [0.25, 0.3) is 15.9 Å². The van der Waals surface area contributed by atoms with Crippen LogP contribution in [0.1, 0.15) is 32.8 Å². The zero-order chi connectivity index (χ0) is 21.9. The molecule has 8 nitrogen and oxygen atoms in total. The number of nitrogens with one attached hydrogen (secondary N) is 1. The highest BCUT2D eigenvalue weighted by atomic mass is 32.2. The van der Waals surface area contributed by atoms with Crippen LogP contribution >= 0.6 is 0 Å². The third kappa shape index (κ3) is 4.40. The van der Waals surface area contributed by atoms with Crippen molar-refractivity contribution in [1.29, 1.82) is 0 Å². The first-order chi connectivity index (χ1) is 14.1. The molecule has 0 saturated heterocycles. The predicted octanol–water partition coefficient (Wildman–Crippen LogP) is 2.02. The number of ether oxygens (including phenoxy) is 1. The lowest BCUT2D eigenvalue weighted by Crippen LogP contribution is -2.46. The lowest BCUT2D eigenvalue weighted by atomic mass is 10.1. The third-order valence-corrected chi connectivity index (χ3v) is 6.56. The molecule has 0 bridgehead atoms. The molecule has 0 spiro atoms. The summed E-state index contributed by atoms with van der Waals surface area (Å²) in [6.45, 7) is 5.68. The van der Waals surface area contributed by atoms with Crippen LogP contribution in [0.15, 0.2) is 60.6 Å². The smallest absolute Gasteiger partial charge is 0.285 e. The van der Waals surface area contributed by atoms with Crippen LogP contribution in [-0.4, -0.2) is 37.3 Å². The van der Waals surface area contributed by atoms with Gasteiger partial charge in [-0.25, -0.2) is 12.7 Å². The molecule has 9 heteroatoms. The number of carbonyl (C=O) groups excluding carboxylic acids is 1. The minimum Gasteiger partial charge on any atom is -0.619 e. The normalized spacial score (nSPS) is 16.1. The van der Waals surface area contributed by atoms with Crippen LogP contribution in [0.2, 0.25) is 0 Å². The van der Waals surface area contributed by atoms with Gasteiger partial charge in [-0.05, 0) is 38.8 Å². The zero-order valence-corrected chi connectivity index (χ0v) is 18.0. The Morgan fingerprint density at radius 2 is 1.83 bits per heavy atom. The SMILES string of the molecule is CC(C)(C)N1C(=O)C(NCCCOc2ccc[n+]([O-])c2)=C(c2ccccc2)S1(=O)=O. The quantitative estimate of drug-likeness (QED) is 0.409. The monoisotopic (exact) mass is 431 g/mol. The minimum atomic E-state index is -4.00. The Kier molecular flexibility index (Phi) is 6.02. The predicted molar refractivity (Wildman–Crippen MR) is 112 cm³/mol. The molecule has 0 aliphatic carbocycles. The van der Waals surface area contributed by atoms with E-state index < -0.39 is 21.5 Å². The highest BCUT2D eigenvalue weighted by Gasteiger charge is 2.49. The number of amides is 1. The molecule has 1 aliphatic heterocycles. The Balaban J connectivity index is 1.78. The minimum absolute atomic E-state index is 0.0144. The van der Waals surface area contributed by atoms with Crippen molar-refractivity contribution in [2.24, 2.45) is 0 Å². The summed E-state index contributed by atoms with van der Waals surface area (Å²) in [6.07, 6.45) is 3.18. The Hall–Kier alpha value is -3.07. The largest absolute Gasteiger partial charge is 0.619 e. The van der Waals surface area contributed by atoms with Crippen molar-refractivity contribution in [2.75, 3.05) is 13.2 Å². The summed E-state index contributed by atoms with van der Waals surface area (Å²) in [7, 11) is -4.00. The molecular weight excluding hydrogens is 406 g/mol. The van der Waals surface area contributed by atoms with Crippen molar-refractivity contribution >= 4 is 20.8 Å². The highest BCUT2D eigenvalue weighted by molar-refractivity contribution is 7.99. The molecule has 1 amide bonds. The molecule has 0 saturated carbocycles. The number of hydrogen-bond acceptors (Lipinski definition) is 6. The maximum atomic E-state index is 13.2. The molecule has 3 rings (SSSR count). The summed E-state index contributed by atoms with van der Waals surface area (Å²) in [6, 6.07) is 11.8. The lowest BCUT2D eigenvalue weighted by molar-refractivity contribution is -0.605. The molecule has 2 aromatic rings. The van der Waals surface area contributed by atoms with E-state index in [1.165, 1.54) is 12.4 Å². The molecule has 0 atom stereocenters. The standard InChI is InChI=1S/C21H25N3O5S/c1-21(2,3)24-20(25)18(19(30(24,27)28)16-9-5-4-6-10-16)22-12-8-14-29-17-11-7-13-23(26)15-17/h4-7,9-11,13,15,22H,8,12,14H2,1-3H3. The van der Waals surface area contributed by atoms with E-state index in [2.05, 4.69) is 5.32 Å². The number of nitrogens with zero attached hydrogens (tertiary/aromatic N) is 2. The summed E-state index contributed by atoms with van der Waals surface area (Å²) in [5.74, 6) is -0.132. The van der Waals surface area contributed by atoms with E-state index in [4.69, 9.17) is 4.74 Å². The molecule has 0 radical (unpaired) electrons. The molecule has 0 unspecified atom stereocenters. The topological polar surface area (TPSA) is 103 Å². The maximum Gasteiger partial charge on any atom is 0.285 e. The average Bonchev–Trinajstić information content (AvgIpc) is 2.87. The fourth-order valence-electron chi connectivity index (χ4n) is 3.23. The number of hydrogen-bond donors (Lipinski definition) is 1. The van der Waals surface area contributed by atoms with Gasteiger partial charge >= 0.3 is 0 Å². The van der Waals surface area contributed by atoms with Crippen LogP contribution in [0, 0.1) is 5.21 Å². The third-order valence-electron chi connectivity index (χ3n) is 4.41. The number of pyridine rings is 1. The molecule has 160 valence electrons. The first-order valence-corrected chi connectivity index (χ1v) is 11.0. The van der Waals surface area contributed by atoms with Crippen LogP contribution in [-0.2, 0) is 14.8 Å². The number of aromatic nitrogens is 1. The molecule has 1 aromatic carbocycles. The maximum absolute atomic E-state index is 13.2. The number of carbonyl (C=O) groups is 1. The number of benzene rings is 1. The van der Waals surface area contributed by atoms with Gasteiger partial charge in [-0.3, -0.25) is 4.79 Å². The van der Waals surface area contributed by atoms with Gasteiger partial charge in [0.05, 0.1) is 12.1 Å². The molecule has 0 fully saturated rings. The van der Waals surface area contributed by atoms with Crippen molar-refractivity contribution in [3.05, 3.63) is 71.3 Å². The molecule has 2 heterocycles. The first-order valence-electron chi connectivity index (χ1n) is 9.57. The molecule has 1 N–H and O–H groups in total. The van der Waals surface area contributed by atoms with Crippen molar-refractivity contribution in [3.63, 3.8) is 0 Å². The summed E-state index contributed by atoms with van der Waals surface area (Å²) < 4.78 is 33.5. The van der Waals surface area contributed by atoms with E-state index >= 15 is 0 Å². The van der Waals surface area contributed by atoms with Crippen molar-refractivity contribution in [3.8, 4) is 5.75 Å². The summed E-state index contributed by atoms with van der Waals surface area (Å²) in [5, 5.41) is 14.2. The van der Waals surface area contributed by atoms with Gasteiger partial charge in [0, 0.05) is 12.6 Å². The molecule has 1 aromatic heterocycles. The van der Waals surface area contributed by atoms with Gasteiger partial charge in [0.15, 0.2) is 11.9 Å². The van der Waals surface area contributed by atoms with E-state index in [1.54, 1.807) is 63.2 Å². The van der Waals surface area contributed by atoms with Crippen molar-refractivity contribution in [2.45, 2.75) is 32.7 Å². The average molecular weight is 432 g/mol. The lowest BCUT2D eigenvalue weighted by Gasteiger charge is -2.30. The van der Waals surface area contributed by atoms with E-state index in [-0.39, 0.29) is 10.6 Å². The first kappa shape index (κ1) is 21.6.